The monoisotopic (exact) mass is 329 g/mol. The highest BCUT2D eigenvalue weighted by Crippen LogP contribution is 2.34. The maximum Gasteiger partial charge on any atom is 0.118 e. The lowest BCUT2D eigenvalue weighted by Crippen LogP contribution is -2.36. The van der Waals surface area contributed by atoms with Crippen molar-refractivity contribution >= 4 is 0 Å². The molecule has 4 rings (SSSR count). The van der Waals surface area contributed by atoms with Crippen molar-refractivity contribution < 1.29 is 9.15 Å². The van der Waals surface area contributed by atoms with Gasteiger partial charge in [-0.1, -0.05) is 0 Å². The first-order chi connectivity index (χ1) is 11.7. The molecule has 0 saturated heterocycles. The van der Waals surface area contributed by atoms with Crippen molar-refractivity contribution in [2.45, 2.75) is 52.2 Å². The summed E-state index contributed by atoms with van der Waals surface area (Å²) in [6.45, 7) is 9.46. The van der Waals surface area contributed by atoms with Gasteiger partial charge in [0.2, 0.25) is 0 Å². The van der Waals surface area contributed by atoms with Crippen LogP contribution < -0.4 is 0 Å². The molecule has 1 aliphatic heterocycles. The quantitative estimate of drug-likeness (QED) is 0.781. The average molecular weight is 329 g/mol. The summed E-state index contributed by atoms with van der Waals surface area (Å²) in [7, 11) is 0. The molecular formula is C19H27N3O2. The van der Waals surface area contributed by atoms with Gasteiger partial charge in [0.05, 0.1) is 25.2 Å². The molecule has 5 nitrogen and oxygen atoms in total. The van der Waals surface area contributed by atoms with E-state index in [1.54, 1.807) is 0 Å². The second-order valence-corrected chi connectivity index (χ2v) is 7.21. The number of rotatable bonds is 7. The summed E-state index contributed by atoms with van der Waals surface area (Å²) in [6.07, 6.45) is 4.78. The summed E-state index contributed by atoms with van der Waals surface area (Å²) in [5, 5.41) is 0. The number of fused-ring (bicyclic) bond motifs is 1. The molecule has 1 atom stereocenters. The predicted molar refractivity (Wildman–Crippen MR) is 91.7 cm³/mol. The van der Waals surface area contributed by atoms with E-state index in [0.29, 0.717) is 5.92 Å². The van der Waals surface area contributed by atoms with E-state index >= 15 is 0 Å². The minimum atomic E-state index is 0.394. The second kappa shape index (κ2) is 6.73. The third kappa shape index (κ3) is 3.42. The third-order valence-corrected chi connectivity index (χ3v) is 5.05. The number of hydrogen-bond acceptors (Lipinski definition) is 4. The van der Waals surface area contributed by atoms with Crippen molar-refractivity contribution in [3.63, 3.8) is 0 Å². The standard InChI is InChI=1S/C19H27N3O2/c1-3-23-12-16-9-21(10-17-7-4-14(2)24-17)11-18-19(16)22(13-20-18)8-15-5-6-15/h4,7,13,15-16H,3,5-6,8-12H2,1-2H3/t16-/m1/s1. The number of hydrogen-bond donors (Lipinski definition) is 0. The van der Waals surface area contributed by atoms with E-state index in [4.69, 9.17) is 14.1 Å². The van der Waals surface area contributed by atoms with Gasteiger partial charge in [0.1, 0.15) is 11.5 Å². The molecule has 1 aliphatic carbocycles. The molecular weight excluding hydrogens is 302 g/mol. The number of aromatic nitrogens is 2. The first-order valence-corrected chi connectivity index (χ1v) is 9.12. The fourth-order valence-electron chi connectivity index (χ4n) is 3.73. The van der Waals surface area contributed by atoms with Crippen LogP contribution in [0, 0.1) is 12.8 Å². The molecule has 3 heterocycles. The maximum absolute atomic E-state index is 5.79. The van der Waals surface area contributed by atoms with Gasteiger partial charge in [0, 0.05) is 37.9 Å². The highest BCUT2D eigenvalue weighted by atomic mass is 16.5. The van der Waals surface area contributed by atoms with Crippen LogP contribution in [0.15, 0.2) is 22.9 Å². The highest BCUT2D eigenvalue weighted by Gasteiger charge is 2.32. The van der Waals surface area contributed by atoms with Gasteiger partial charge in [-0.05, 0) is 44.7 Å². The van der Waals surface area contributed by atoms with Gasteiger partial charge < -0.3 is 13.7 Å². The first kappa shape index (κ1) is 15.9. The molecule has 1 fully saturated rings. The Hall–Kier alpha value is -1.59. The van der Waals surface area contributed by atoms with Crippen LogP contribution >= 0.6 is 0 Å². The summed E-state index contributed by atoms with van der Waals surface area (Å²) >= 11 is 0. The van der Waals surface area contributed by atoms with Gasteiger partial charge in [0.15, 0.2) is 0 Å². The van der Waals surface area contributed by atoms with Crippen molar-refractivity contribution in [3.8, 4) is 0 Å². The van der Waals surface area contributed by atoms with Crippen molar-refractivity contribution in [1.82, 2.24) is 14.5 Å². The molecule has 0 spiro atoms. The molecule has 2 aromatic heterocycles. The highest BCUT2D eigenvalue weighted by molar-refractivity contribution is 5.23. The summed E-state index contributed by atoms with van der Waals surface area (Å²) in [6, 6.07) is 4.11. The largest absolute Gasteiger partial charge is 0.465 e. The van der Waals surface area contributed by atoms with Crippen LogP contribution in [0.3, 0.4) is 0 Å². The molecule has 1 saturated carbocycles. The van der Waals surface area contributed by atoms with Gasteiger partial charge in [-0.15, -0.1) is 0 Å². The zero-order chi connectivity index (χ0) is 16.5. The van der Waals surface area contributed by atoms with Gasteiger partial charge >= 0.3 is 0 Å². The predicted octanol–water partition coefficient (Wildman–Crippen LogP) is 3.33. The molecule has 0 radical (unpaired) electrons. The Bertz CT molecular complexity index is 687. The second-order valence-electron chi connectivity index (χ2n) is 7.21. The Morgan fingerprint density at radius 3 is 2.92 bits per heavy atom. The van der Waals surface area contributed by atoms with Gasteiger partial charge in [-0.3, -0.25) is 4.90 Å². The summed E-state index contributed by atoms with van der Waals surface area (Å²) in [5.41, 5.74) is 2.62. The van der Waals surface area contributed by atoms with Crippen LogP contribution in [0.2, 0.25) is 0 Å². The molecule has 2 aromatic rings. The fourth-order valence-corrected chi connectivity index (χ4v) is 3.73. The van der Waals surface area contributed by atoms with Crippen LogP contribution in [0.1, 0.15) is 48.6 Å². The fraction of sp³-hybridized carbons (Fsp3) is 0.632. The van der Waals surface area contributed by atoms with Crippen molar-refractivity contribution in [2.75, 3.05) is 19.8 Å². The van der Waals surface area contributed by atoms with Crippen LogP contribution in [0.25, 0.3) is 0 Å². The number of imidazole rings is 1. The summed E-state index contributed by atoms with van der Waals surface area (Å²) < 4.78 is 13.9. The molecule has 0 N–H and O–H groups in total. The van der Waals surface area contributed by atoms with E-state index in [9.17, 15) is 0 Å². The number of aryl methyl sites for hydroxylation is 1. The summed E-state index contributed by atoms with van der Waals surface area (Å²) in [4.78, 5) is 7.16. The Kier molecular flexibility index (Phi) is 4.46. The van der Waals surface area contributed by atoms with E-state index < -0.39 is 0 Å². The molecule has 130 valence electrons. The van der Waals surface area contributed by atoms with E-state index in [1.165, 1.54) is 24.2 Å². The Labute approximate surface area is 143 Å². The van der Waals surface area contributed by atoms with E-state index in [2.05, 4.69) is 22.5 Å². The van der Waals surface area contributed by atoms with Crippen LogP contribution in [-0.2, 0) is 24.4 Å². The number of nitrogens with zero attached hydrogens (tertiary/aromatic N) is 3. The maximum atomic E-state index is 5.79. The molecule has 24 heavy (non-hydrogen) atoms. The first-order valence-electron chi connectivity index (χ1n) is 9.12. The van der Waals surface area contributed by atoms with Gasteiger partial charge in [0.25, 0.3) is 0 Å². The van der Waals surface area contributed by atoms with Crippen molar-refractivity contribution in [2.24, 2.45) is 5.92 Å². The zero-order valence-electron chi connectivity index (χ0n) is 14.7. The molecule has 5 heteroatoms. The lowest BCUT2D eigenvalue weighted by molar-refractivity contribution is 0.0992. The molecule has 0 unspecified atom stereocenters. The van der Waals surface area contributed by atoms with Crippen molar-refractivity contribution in [1.29, 1.82) is 0 Å². The SMILES string of the molecule is CCOC[C@H]1CN(Cc2ccc(C)o2)Cc2ncn(CC3CC3)c21. The van der Waals surface area contributed by atoms with Crippen molar-refractivity contribution in [3.05, 3.63) is 41.4 Å². The Morgan fingerprint density at radius 1 is 1.33 bits per heavy atom. The molecule has 0 bridgehead atoms. The Balaban J connectivity index is 1.53. The molecule has 0 amide bonds. The van der Waals surface area contributed by atoms with E-state index in [-0.39, 0.29) is 0 Å². The number of furan rings is 1. The van der Waals surface area contributed by atoms with Crippen LogP contribution in [0.5, 0.6) is 0 Å². The third-order valence-electron chi connectivity index (χ3n) is 5.05. The van der Waals surface area contributed by atoms with E-state index in [1.807, 2.05) is 19.3 Å². The smallest absolute Gasteiger partial charge is 0.118 e. The van der Waals surface area contributed by atoms with Gasteiger partial charge in [-0.25, -0.2) is 4.98 Å². The minimum absolute atomic E-state index is 0.394. The number of ether oxygens (including phenoxy) is 1. The average Bonchev–Trinajstić information content (AvgIpc) is 3.16. The summed E-state index contributed by atoms with van der Waals surface area (Å²) in [5.74, 6) is 3.26. The Morgan fingerprint density at radius 2 is 2.21 bits per heavy atom. The van der Waals surface area contributed by atoms with E-state index in [0.717, 1.165) is 56.8 Å². The van der Waals surface area contributed by atoms with Gasteiger partial charge in [-0.2, -0.15) is 0 Å². The zero-order valence-corrected chi connectivity index (χ0v) is 14.7. The molecule has 0 aromatic carbocycles. The van der Waals surface area contributed by atoms with Crippen LogP contribution in [-0.4, -0.2) is 34.2 Å². The normalized spacial score (nSPS) is 21.2. The lowest BCUT2D eigenvalue weighted by Gasteiger charge is -2.32. The lowest BCUT2D eigenvalue weighted by atomic mass is 9.98. The topological polar surface area (TPSA) is 43.4 Å². The van der Waals surface area contributed by atoms with Crippen LogP contribution in [0.4, 0.5) is 0 Å². The minimum Gasteiger partial charge on any atom is -0.465 e. The molecule has 2 aliphatic rings.